The van der Waals surface area contributed by atoms with E-state index in [2.05, 4.69) is 48.2 Å². The maximum absolute atomic E-state index is 5.23. The fourth-order valence-corrected chi connectivity index (χ4v) is 3.24. The van der Waals surface area contributed by atoms with Crippen molar-refractivity contribution in [1.29, 1.82) is 0 Å². The Labute approximate surface area is 127 Å². The first-order valence-corrected chi connectivity index (χ1v) is 7.70. The molecule has 0 aliphatic carbocycles. The number of hydrogen-bond donors (Lipinski definition) is 0. The fraction of sp³-hybridized carbons (Fsp3) is 0.368. The zero-order valence-electron chi connectivity index (χ0n) is 12.9. The van der Waals surface area contributed by atoms with Crippen LogP contribution in [0.3, 0.4) is 0 Å². The van der Waals surface area contributed by atoms with Crippen LogP contribution in [0.1, 0.15) is 35.6 Å². The van der Waals surface area contributed by atoms with Crippen LogP contribution in [0.2, 0.25) is 0 Å². The predicted octanol–water partition coefficient (Wildman–Crippen LogP) is 4.34. The molecule has 1 atom stereocenters. The first kappa shape index (κ1) is 14.2. The highest BCUT2D eigenvalue weighted by atomic mass is 16.5. The van der Waals surface area contributed by atoms with Crippen molar-refractivity contribution in [2.45, 2.75) is 32.4 Å². The second-order valence-electron chi connectivity index (χ2n) is 5.89. The van der Waals surface area contributed by atoms with Gasteiger partial charge in [-0.3, -0.25) is 4.90 Å². The number of likely N-dealkylation sites (tertiary alicyclic amines) is 1. The molecule has 1 aliphatic rings. The van der Waals surface area contributed by atoms with Gasteiger partial charge in [0.2, 0.25) is 0 Å². The molecule has 0 saturated carbocycles. The van der Waals surface area contributed by atoms with Crippen LogP contribution in [-0.2, 0) is 6.54 Å². The number of hydrogen-bond acceptors (Lipinski definition) is 2. The van der Waals surface area contributed by atoms with Crippen LogP contribution in [0.4, 0.5) is 0 Å². The number of aryl methyl sites for hydroxylation is 1. The van der Waals surface area contributed by atoms with Gasteiger partial charge in [0.1, 0.15) is 5.75 Å². The van der Waals surface area contributed by atoms with Crippen molar-refractivity contribution >= 4 is 0 Å². The number of benzene rings is 2. The zero-order valence-corrected chi connectivity index (χ0v) is 12.9. The van der Waals surface area contributed by atoms with E-state index in [1.165, 1.54) is 36.1 Å². The van der Waals surface area contributed by atoms with E-state index in [-0.39, 0.29) is 0 Å². The van der Waals surface area contributed by atoms with Gasteiger partial charge >= 0.3 is 0 Å². The summed E-state index contributed by atoms with van der Waals surface area (Å²) in [4.78, 5) is 2.59. The van der Waals surface area contributed by atoms with Crippen molar-refractivity contribution in [3.05, 3.63) is 65.2 Å². The lowest BCUT2D eigenvalue weighted by Crippen LogP contribution is -2.22. The third kappa shape index (κ3) is 3.27. The second-order valence-corrected chi connectivity index (χ2v) is 5.89. The molecule has 1 fully saturated rings. The van der Waals surface area contributed by atoms with Crippen molar-refractivity contribution in [2.24, 2.45) is 0 Å². The Morgan fingerprint density at radius 2 is 1.95 bits per heavy atom. The molecule has 2 aromatic rings. The highest BCUT2D eigenvalue weighted by molar-refractivity contribution is 5.29. The summed E-state index contributed by atoms with van der Waals surface area (Å²) in [6, 6.07) is 17.9. The van der Waals surface area contributed by atoms with Gasteiger partial charge in [0, 0.05) is 12.6 Å². The molecule has 0 amide bonds. The maximum atomic E-state index is 5.23. The summed E-state index contributed by atoms with van der Waals surface area (Å²) in [5.74, 6) is 0.926. The Hall–Kier alpha value is -1.80. The van der Waals surface area contributed by atoms with Crippen LogP contribution in [0, 0.1) is 6.92 Å². The minimum atomic E-state index is 0.562. The average Bonchev–Trinajstić information content (AvgIpc) is 2.96. The minimum Gasteiger partial charge on any atom is -0.497 e. The van der Waals surface area contributed by atoms with E-state index < -0.39 is 0 Å². The molecule has 0 aromatic heterocycles. The molecule has 2 aromatic carbocycles. The smallest absolute Gasteiger partial charge is 0.118 e. The van der Waals surface area contributed by atoms with E-state index in [9.17, 15) is 0 Å². The lowest BCUT2D eigenvalue weighted by Gasteiger charge is -2.25. The Morgan fingerprint density at radius 1 is 1.14 bits per heavy atom. The highest BCUT2D eigenvalue weighted by Gasteiger charge is 2.25. The summed E-state index contributed by atoms with van der Waals surface area (Å²) >= 11 is 0. The van der Waals surface area contributed by atoms with E-state index >= 15 is 0 Å². The van der Waals surface area contributed by atoms with E-state index in [4.69, 9.17) is 4.74 Å². The molecule has 2 heteroatoms. The maximum Gasteiger partial charge on any atom is 0.118 e. The molecule has 1 heterocycles. The van der Waals surface area contributed by atoms with Crippen molar-refractivity contribution in [2.75, 3.05) is 13.7 Å². The Bertz CT molecular complexity index is 591. The van der Waals surface area contributed by atoms with E-state index in [0.29, 0.717) is 6.04 Å². The number of ether oxygens (including phenoxy) is 1. The van der Waals surface area contributed by atoms with Crippen molar-refractivity contribution < 1.29 is 4.74 Å². The average molecular weight is 281 g/mol. The third-order valence-electron chi connectivity index (χ3n) is 4.34. The number of methoxy groups -OCH3 is 1. The van der Waals surface area contributed by atoms with Gasteiger partial charge in [0.25, 0.3) is 0 Å². The summed E-state index contributed by atoms with van der Waals surface area (Å²) in [6.07, 6.45) is 2.55. The van der Waals surface area contributed by atoms with Gasteiger partial charge in [-0.2, -0.15) is 0 Å². The SMILES string of the molecule is COc1ccc(CN2CCC[C@H]2c2cccc(C)c2)cc1. The van der Waals surface area contributed by atoms with Gasteiger partial charge < -0.3 is 4.74 Å². The van der Waals surface area contributed by atoms with Crippen LogP contribution in [0.5, 0.6) is 5.75 Å². The van der Waals surface area contributed by atoms with Crippen LogP contribution < -0.4 is 4.74 Å². The van der Waals surface area contributed by atoms with Crippen LogP contribution in [0.15, 0.2) is 48.5 Å². The summed E-state index contributed by atoms with van der Waals surface area (Å²) in [5.41, 5.74) is 4.17. The van der Waals surface area contributed by atoms with E-state index in [0.717, 1.165) is 12.3 Å². The monoisotopic (exact) mass is 281 g/mol. The van der Waals surface area contributed by atoms with Gasteiger partial charge in [-0.05, 0) is 49.6 Å². The first-order valence-electron chi connectivity index (χ1n) is 7.70. The quantitative estimate of drug-likeness (QED) is 0.826. The molecular formula is C19H23NO. The molecule has 0 spiro atoms. The number of rotatable bonds is 4. The molecule has 0 N–H and O–H groups in total. The molecule has 0 unspecified atom stereocenters. The van der Waals surface area contributed by atoms with E-state index in [1.54, 1.807) is 7.11 Å². The minimum absolute atomic E-state index is 0.562. The first-order chi connectivity index (χ1) is 10.3. The molecule has 1 saturated heterocycles. The zero-order chi connectivity index (χ0) is 14.7. The fourth-order valence-electron chi connectivity index (χ4n) is 3.24. The molecule has 3 rings (SSSR count). The van der Waals surface area contributed by atoms with Gasteiger partial charge in [-0.1, -0.05) is 42.0 Å². The molecule has 21 heavy (non-hydrogen) atoms. The summed E-state index contributed by atoms with van der Waals surface area (Å²) in [7, 11) is 1.71. The predicted molar refractivity (Wildman–Crippen MR) is 86.6 cm³/mol. The highest BCUT2D eigenvalue weighted by Crippen LogP contribution is 2.33. The Balaban J connectivity index is 1.74. The molecule has 0 bridgehead atoms. The van der Waals surface area contributed by atoms with E-state index in [1.807, 2.05) is 12.1 Å². The Morgan fingerprint density at radius 3 is 2.67 bits per heavy atom. The largest absolute Gasteiger partial charge is 0.497 e. The molecule has 0 radical (unpaired) electrons. The van der Waals surface area contributed by atoms with Crippen LogP contribution in [-0.4, -0.2) is 18.6 Å². The van der Waals surface area contributed by atoms with Crippen LogP contribution in [0.25, 0.3) is 0 Å². The molecule has 2 nitrogen and oxygen atoms in total. The molecule has 1 aliphatic heterocycles. The normalized spacial score (nSPS) is 18.9. The Kier molecular flexibility index (Phi) is 4.26. The number of nitrogens with zero attached hydrogens (tertiary/aromatic N) is 1. The van der Waals surface area contributed by atoms with Gasteiger partial charge in [-0.15, -0.1) is 0 Å². The lowest BCUT2D eigenvalue weighted by atomic mass is 10.0. The standard InChI is InChI=1S/C19H23NO/c1-15-5-3-6-17(13-15)19-7-4-12-20(19)14-16-8-10-18(21-2)11-9-16/h3,5-6,8-11,13,19H,4,7,12,14H2,1-2H3/t19-/m0/s1. The van der Waals surface area contributed by atoms with Crippen molar-refractivity contribution in [3.8, 4) is 5.75 Å². The second kappa shape index (κ2) is 6.31. The molecule has 110 valence electrons. The topological polar surface area (TPSA) is 12.5 Å². The van der Waals surface area contributed by atoms with Crippen LogP contribution >= 0.6 is 0 Å². The van der Waals surface area contributed by atoms with Gasteiger partial charge in [0.05, 0.1) is 7.11 Å². The summed E-state index contributed by atoms with van der Waals surface area (Å²) in [6.45, 7) is 4.37. The lowest BCUT2D eigenvalue weighted by molar-refractivity contribution is 0.248. The molecular weight excluding hydrogens is 258 g/mol. The van der Waals surface area contributed by atoms with Gasteiger partial charge in [-0.25, -0.2) is 0 Å². The van der Waals surface area contributed by atoms with Gasteiger partial charge in [0.15, 0.2) is 0 Å². The third-order valence-corrected chi connectivity index (χ3v) is 4.34. The summed E-state index contributed by atoms with van der Waals surface area (Å²) in [5, 5.41) is 0. The summed E-state index contributed by atoms with van der Waals surface area (Å²) < 4.78 is 5.23. The van der Waals surface area contributed by atoms with Crippen molar-refractivity contribution in [3.63, 3.8) is 0 Å². The van der Waals surface area contributed by atoms with Crippen molar-refractivity contribution in [1.82, 2.24) is 4.90 Å².